The first-order valence-corrected chi connectivity index (χ1v) is 9.04. The molecule has 0 aromatic heterocycles. The fourth-order valence-corrected chi connectivity index (χ4v) is 4.08. The number of benzene rings is 2. The highest BCUT2D eigenvalue weighted by Crippen LogP contribution is 2.43. The highest BCUT2D eigenvalue weighted by molar-refractivity contribution is 8.00. The van der Waals surface area contributed by atoms with Gasteiger partial charge in [-0.15, -0.1) is 11.8 Å². The van der Waals surface area contributed by atoms with Gasteiger partial charge in [0.1, 0.15) is 16.9 Å². The van der Waals surface area contributed by atoms with E-state index in [9.17, 15) is 4.79 Å². The van der Waals surface area contributed by atoms with Gasteiger partial charge < -0.3 is 14.4 Å². The van der Waals surface area contributed by atoms with E-state index in [1.807, 2.05) is 60.4 Å². The van der Waals surface area contributed by atoms with Gasteiger partial charge in [0.25, 0.3) is 0 Å². The minimum atomic E-state index is -0.0369. The van der Waals surface area contributed by atoms with E-state index < -0.39 is 0 Å². The largest absolute Gasteiger partial charge is 0.496 e. The molecule has 5 heteroatoms. The summed E-state index contributed by atoms with van der Waals surface area (Å²) in [7, 11) is 1.65. The normalized spacial score (nSPS) is 17.2. The summed E-state index contributed by atoms with van der Waals surface area (Å²) in [6.07, 6.45) is 0. The molecule has 1 aliphatic rings. The van der Waals surface area contributed by atoms with Crippen molar-refractivity contribution in [3.8, 4) is 11.5 Å². The maximum absolute atomic E-state index is 12.5. The lowest BCUT2D eigenvalue weighted by molar-refractivity contribution is -0.128. The molecule has 2 aromatic carbocycles. The summed E-state index contributed by atoms with van der Waals surface area (Å²) in [4.78, 5) is 14.4. The van der Waals surface area contributed by atoms with Gasteiger partial charge in [0, 0.05) is 11.1 Å². The van der Waals surface area contributed by atoms with E-state index in [0.717, 1.165) is 22.6 Å². The van der Waals surface area contributed by atoms with Crippen LogP contribution in [-0.4, -0.2) is 30.3 Å². The predicted octanol–water partition coefficient (Wildman–Crippen LogP) is 3.87. The molecule has 1 heterocycles. The maximum atomic E-state index is 12.5. The molecule has 126 valence electrons. The Morgan fingerprint density at radius 2 is 1.83 bits per heavy atom. The molecule has 1 aliphatic heterocycles. The summed E-state index contributed by atoms with van der Waals surface area (Å²) in [6.45, 7) is 3.10. The maximum Gasteiger partial charge on any atom is 0.234 e. The van der Waals surface area contributed by atoms with Crippen molar-refractivity contribution in [2.24, 2.45) is 0 Å². The smallest absolute Gasteiger partial charge is 0.234 e. The molecule has 0 saturated carbocycles. The van der Waals surface area contributed by atoms with Gasteiger partial charge in [0.05, 0.1) is 26.0 Å². The molecule has 1 atom stereocenters. The van der Waals surface area contributed by atoms with E-state index >= 15 is 0 Å². The van der Waals surface area contributed by atoms with E-state index in [0.29, 0.717) is 18.9 Å². The van der Waals surface area contributed by atoms with E-state index in [1.54, 1.807) is 18.9 Å². The van der Waals surface area contributed by atoms with E-state index in [4.69, 9.17) is 9.47 Å². The van der Waals surface area contributed by atoms with Gasteiger partial charge in [-0.1, -0.05) is 36.4 Å². The molecule has 2 aromatic rings. The van der Waals surface area contributed by atoms with Crippen LogP contribution >= 0.6 is 11.8 Å². The molecule has 3 rings (SSSR count). The van der Waals surface area contributed by atoms with Crippen molar-refractivity contribution in [2.45, 2.75) is 18.8 Å². The first kappa shape index (κ1) is 16.7. The molecular weight excluding hydrogens is 322 g/mol. The van der Waals surface area contributed by atoms with Crippen molar-refractivity contribution in [3.63, 3.8) is 0 Å². The van der Waals surface area contributed by atoms with Gasteiger partial charge >= 0.3 is 0 Å². The third-order valence-electron chi connectivity index (χ3n) is 3.99. The SMILES string of the molecule is CCOc1ccccc1C1SCC(=O)N1Cc1ccccc1OC. The first-order valence-electron chi connectivity index (χ1n) is 7.99. The summed E-state index contributed by atoms with van der Waals surface area (Å²) >= 11 is 1.64. The van der Waals surface area contributed by atoms with Gasteiger partial charge in [-0.3, -0.25) is 4.79 Å². The average molecular weight is 343 g/mol. The quantitative estimate of drug-likeness (QED) is 0.798. The Bertz CT molecular complexity index is 719. The van der Waals surface area contributed by atoms with Crippen molar-refractivity contribution in [1.29, 1.82) is 0 Å². The van der Waals surface area contributed by atoms with Crippen LogP contribution < -0.4 is 9.47 Å². The Hall–Kier alpha value is -2.14. The Balaban J connectivity index is 1.90. The van der Waals surface area contributed by atoms with Crippen molar-refractivity contribution >= 4 is 17.7 Å². The molecule has 1 amide bonds. The highest BCUT2D eigenvalue weighted by atomic mass is 32.2. The molecule has 0 spiro atoms. The summed E-state index contributed by atoms with van der Waals surface area (Å²) in [5.41, 5.74) is 2.06. The minimum absolute atomic E-state index is 0.0369. The van der Waals surface area contributed by atoms with Crippen molar-refractivity contribution in [3.05, 3.63) is 59.7 Å². The number of amides is 1. The lowest BCUT2D eigenvalue weighted by Gasteiger charge is -2.26. The predicted molar refractivity (Wildman–Crippen MR) is 96.4 cm³/mol. The van der Waals surface area contributed by atoms with Crippen LogP contribution in [0.5, 0.6) is 11.5 Å². The number of carbonyl (C=O) groups excluding carboxylic acids is 1. The average Bonchev–Trinajstić information content (AvgIpc) is 2.97. The lowest BCUT2D eigenvalue weighted by Crippen LogP contribution is -2.28. The second kappa shape index (κ2) is 7.62. The Kier molecular flexibility index (Phi) is 5.30. The second-order valence-corrected chi connectivity index (χ2v) is 6.54. The third kappa shape index (κ3) is 3.36. The first-order chi connectivity index (χ1) is 11.7. The highest BCUT2D eigenvalue weighted by Gasteiger charge is 2.34. The second-order valence-electron chi connectivity index (χ2n) is 5.47. The molecule has 1 unspecified atom stereocenters. The van der Waals surface area contributed by atoms with Crippen LogP contribution in [0.1, 0.15) is 23.4 Å². The Morgan fingerprint density at radius 3 is 2.58 bits per heavy atom. The molecule has 0 radical (unpaired) electrons. The molecule has 1 saturated heterocycles. The van der Waals surface area contributed by atoms with Crippen LogP contribution in [-0.2, 0) is 11.3 Å². The van der Waals surface area contributed by atoms with Crippen LogP contribution in [0.2, 0.25) is 0 Å². The minimum Gasteiger partial charge on any atom is -0.496 e. The fourth-order valence-electron chi connectivity index (χ4n) is 2.87. The Morgan fingerprint density at radius 1 is 1.12 bits per heavy atom. The number of carbonyl (C=O) groups is 1. The van der Waals surface area contributed by atoms with E-state index in [-0.39, 0.29) is 11.3 Å². The van der Waals surface area contributed by atoms with Crippen LogP contribution in [0.4, 0.5) is 0 Å². The van der Waals surface area contributed by atoms with Gasteiger partial charge in [-0.05, 0) is 19.1 Å². The number of methoxy groups -OCH3 is 1. The zero-order valence-corrected chi connectivity index (χ0v) is 14.7. The molecular formula is C19H21NO3S. The summed E-state index contributed by atoms with van der Waals surface area (Å²) in [5, 5.41) is -0.0369. The third-order valence-corrected chi connectivity index (χ3v) is 5.22. The van der Waals surface area contributed by atoms with Crippen LogP contribution in [0.25, 0.3) is 0 Å². The summed E-state index contributed by atoms with van der Waals surface area (Å²) < 4.78 is 11.2. The van der Waals surface area contributed by atoms with Crippen molar-refractivity contribution in [1.82, 2.24) is 4.90 Å². The van der Waals surface area contributed by atoms with Crippen LogP contribution in [0.15, 0.2) is 48.5 Å². The number of ether oxygens (including phenoxy) is 2. The summed E-state index contributed by atoms with van der Waals surface area (Å²) in [6, 6.07) is 15.8. The molecule has 0 bridgehead atoms. The number of nitrogens with zero attached hydrogens (tertiary/aromatic N) is 1. The molecule has 0 N–H and O–H groups in total. The molecule has 4 nitrogen and oxygen atoms in total. The van der Waals surface area contributed by atoms with E-state index in [2.05, 4.69) is 0 Å². The summed E-state index contributed by atoms with van der Waals surface area (Å²) in [5.74, 6) is 2.28. The van der Waals surface area contributed by atoms with Gasteiger partial charge in [-0.25, -0.2) is 0 Å². The Labute approximate surface area is 146 Å². The fraction of sp³-hybridized carbons (Fsp3) is 0.316. The molecule has 1 fully saturated rings. The van der Waals surface area contributed by atoms with Crippen LogP contribution in [0, 0.1) is 0 Å². The van der Waals surface area contributed by atoms with E-state index in [1.165, 1.54) is 0 Å². The topological polar surface area (TPSA) is 38.8 Å². The van der Waals surface area contributed by atoms with Crippen LogP contribution in [0.3, 0.4) is 0 Å². The number of rotatable bonds is 6. The van der Waals surface area contributed by atoms with Gasteiger partial charge in [0.15, 0.2) is 0 Å². The van der Waals surface area contributed by atoms with Gasteiger partial charge in [-0.2, -0.15) is 0 Å². The molecule has 0 aliphatic carbocycles. The number of para-hydroxylation sites is 2. The monoisotopic (exact) mass is 343 g/mol. The zero-order chi connectivity index (χ0) is 16.9. The standard InChI is InChI=1S/C19H21NO3S/c1-3-23-17-11-7-5-9-15(17)19-20(18(21)13-24-19)12-14-8-4-6-10-16(14)22-2/h4-11,19H,3,12-13H2,1-2H3. The number of hydrogen-bond acceptors (Lipinski definition) is 4. The number of hydrogen-bond donors (Lipinski definition) is 0. The van der Waals surface area contributed by atoms with Crippen molar-refractivity contribution in [2.75, 3.05) is 19.5 Å². The van der Waals surface area contributed by atoms with Crippen molar-refractivity contribution < 1.29 is 14.3 Å². The number of thioether (sulfide) groups is 1. The molecule has 24 heavy (non-hydrogen) atoms. The lowest BCUT2D eigenvalue weighted by atomic mass is 10.1. The van der Waals surface area contributed by atoms with Gasteiger partial charge in [0.2, 0.25) is 5.91 Å². The zero-order valence-electron chi connectivity index (χ0n) is 13.9.